The van der Waals surface area contributed by atoms with Crippen molar-refractivity contribution in [2.45, 2.75) is 18.1 Å². The number of benzene rings is 1. The molecule has 0 amide bonds. The van der Waals surface area contributed by atoms with Crippen molar-refractivity contribution in [2.75, 3.05) is 19.5 Å². The zero-order valence-electron chi connectivity index (χ0n) is 14.2. The fourth-order valence-corrected chi connectivity index (χ4v) is 3.63. The molecule has 0 aliphatic heterocycles. The summed E-state index contributed by atoms with van der Waals surface area (Å²) in [4.78, 5) is 32.6. The number of nitrogens with one attached hydrogen (secondary N) is 1. The van der Waals surface area contributed by atoms with E-state index in [4.69, 9.17) is 16.3 Å². The van der Waals surface area contributed by atoms with Crippen LogP contribution in [0, 0.1) is 0 Å². The van der Waals surface area contributed by atoms with Crippen LogP contribution in [0.3, 0.4) is 0 Å². The molecule has 0 radical (unpaired) electrons. The van der Waals surface area contributed by atoms with Crippen molar-refractivity contribution in [2.24, 2.45) is 0 Å². The largest absolute Gasteiger partial charge is 0.385 e. The number of thioether (sulfide) groups is 1. The van der Waals surface area contributed by atoms with Crippen molar-refractivity contribution in [3.8, 4) is 0 Å². The number of carbonyl (C=O) groups excluding carboxylic acids is 1. The van der Waals surface area contributed by atoms with Gasteiger partial charge in [-0.2, -0.15) is 0 Å². The van der Waals surface area contributed by atoms with Gasteiger partial charge in [-0.15, -0.1) is 0 Å². The molecule has 0 saturated carbocycles. The number of rotatable bonds is 8. The summed E-state index contributed by atoms with van der Waals surface area (Å²) in [6, 6.07) is 8.51. The molecule has 0 unspecified atom stereocenters. The summed E-state index contributed by atoms with van der Waals surface area (Å²) in [5, 5.41) is 1.52. The summed E-state index contributed by atoms with van der Waals surface area (Å²) in [5.74, 6) is 0.132. The third-order valence-corrected chi connectivity index (χ3v) is 5.05. The van der Waals surface area contributed by atoms with E-state index in [1.807, 2.05) is 0 Å². The van der Waals surface area contributed by atoms with Crippen molar-refractivity contribution in [3.63, 3.8) is 0 Å². The molecule has 3 aromatic rings. The molecule has 2 heterocycles. The van der Waals surface area contributed by atoms with Gasteiger partial charge in [0, 0.05) is 31.5 Å². The minimum absolute atomic E-state index is 0.0520. The van der Waals surface area contributed by atoms with Gasteiger partial charge in [0.15, 0.2) is 10.9 Å². The number of nitrogens with zero attached hydrogens (tertiary/aromatic N) is 2. The Labute approximate surface area is 159 Å². The van der Waals surface area contributed by atoms with Gasteiger partial charge in [-0.1, -0.05) is 23.4 Å². The fraction of sp³-hybridized carbons (Fsp3) is 0.278. The number of fused-ring (bicyclic) bond motifs is 1. The van der Waals surface area contributed by atoms with Crippen LogP contribution in [0.4, 0.5) is 0 Å². The fourth-order valence-electron chi connectivity index (χ4n) is 2.56. The first kappa shape index (κ1) is 18.7. The van der Waals surface area contributed by atoms with Crippen molar-refractivity contribution in [3.05, 3.63) is 57.6 Å². The molecule has 0 atom stereocenters. The standard InChI is InChI=1S/C18H18ClN3O3S/c1-25-9-3-8-22-17(24)13-6-5-12(19)10-15(13)21-18(22)26-11-16(23)14-4-2-7-20-14/h2,4-7,10,20H,3,8-9,11H2,1H3. The van der Waals surface area contributed by atoms with Gasteiger partial charge in [-0.3, -0.25) is 14.2 Å². The van der Waals surface area contributed by atoms with Gasteiger partial charge in [-0.05, 0) is 36.8 Å². The molecule has 0 saturated heterocycles. The van der Waals surface area contributed by atoms with Crippen molar-refractivity contribution in [1.29, 1.82) is 0 Å². The van der Waals surface area contributed by atoms with Crippen molar-refractivity contribution >= 4 is 40.0 Å². The Morgan fingerprint density at radius 3 is 2.96 bits per heavy atom. The van der Waals surface area contributed by atoms with Gasteiger partial charge < -0.3 is 9.72 Å². The molecule has 0 fully saturated rings. The molecule has 8 heteroatoms. The summed E-state index contributed by atoms with van der Waals surface area (Å²) < 4.78 is 6.67. The van der Waals surface area contributed by atoms with E-state index in [1.54, 1.807) is 48.2 Å². The van der Waals surface area contributed by atoms with E-state index >= 15 is 0 Å². The number of aromatic amines is 1. The van der Waals surface area contributed by atoms with Crippen LogP contribution in [0.2, 0.25) is 5.02 Å². The van der Waals surface area contributed by atoms with Gasteiger partial charge >= 0.3 is 0 Å². The number of halogens is 1. The normalized spacial score (nSPS) is 11.2. The molecule has 0 spiro atoms. The first-order valence-corrected chi connectivity index (χ1v) is 9.45. The SMILES string of the molecule is COCCCn1c(SCC(=O)c2ccc[nH]2)nc2cc(Cl)ccc2c1=O. The van der Waals surface area contributed by atoms with Crippen LogP contribution in [0.15, 0.2) is 46.5 Å². The Bertz CT molecular complexity index is 970. The van der Waals surface area contributed by atoms with E-state index in [2.05, 4.69) is 9.97 Å². The third kappa shape index (κ3) is 4.17. The van der Waals surface area contributed by atoms with Crippen LogP contribution in [-0.2, 0) is 11.3 Å². The lowest BCUT2D eigenvalue weighted by Crippen LogP contribution is -2.24. The van der Waals surface area contributed by atoms with Gasteiger partial charge in [0.1, 0.15) is 0 Å². The van der Waals surface area contributed by atoms with Gasteiger partial charge in [0.05, 0.1) is 22.3 Å². The second kappa shape index (κ2) is 8.53. The predicted molar refractivity (Wildman–Crippen MR) is 103 cm³/mol. The maximum atomic E-state index is 12.9. The number of Topliss-reactive ketones (excluding diaryl/α,β-unsaturated/α-hetero) is 1. The van der Waals surface area contributed by atoms with Gasteiger partial charge in [0.2, 0.25) is 0 Å². The zero-order chi connectivity index (χ0) is 18.5. The number of ketones is 1. The smallest absolute Gasteiger partial charge is 0.262 e. The Kier molecular flexibility index (Phi) is 6.13. The molecule has 0 bridgehead atoms. The molecule has 3 rings (SSSR count). The average molecular weight is 392 g/mol. The second-order valence-electron chi connectivity index (χ2n) is 5.65. The number of hydrogen-bond acceptors (Lipinski definition) is 5. The minimum atomic E-state index is -0.141. The number of ether oxygens (including phenoxy) is 1. The topological polar surface area (TPSA) is 77.0 Å². The van der Waals surface area contributed by atoms with E-state index in [0.29, 0.717) is 46.3 Å². The number of methoxy groups -OCH3 is 1. The highest BCUT2D eigenvalue weighted by molar-refractivity contribution is 7.99. The Balaban J connectivity index is 1.93. The first-order chi connectivity index (χ1) is 12.6. The molecule has 0 aliphatic rings. The predicted octanol–water partition coefficient (Wildman–Crippen LogP) is 3.39. The van der Waals surface area contributed by atoms with E-state index in [0.717, 1.165) is 0 Å². The Hall–Kier alpha value is -2.09. The molecule has 1 N–H and O–H groups in total. The van der Waals surface area contributed by atoms with E-state index in [1.165, 1.54) is 11.8 Å². The quantitative estimate of drug-likeness (QED) is 0.275. The molecular weight excluding hydrogens is 374 g/mol. The molecule has 136 valence electrons. The first-order valence-electron chi connectivity index (χ1n) is 8.08. The molecule has 0 aliphatic carbocycles. The number of carbonyl (C=O) groups is 1. The number of hydrogen-bond donors (Lipinski definition) is 1. The van der Waals surface area contributed by atoms with Crippen LogP contribution in [0.5, 0.6) is 0 Å². The second-order valence-corrected chi connectivity index (χ2v) is 7.03. The van der Waals surface area contributed by atoms with Crippen molar-refractivity contribution in [1.82, 2.24) is 14.5 Å². The number of H-pyrrole nitrogens is 1. The van der Waals surface area contributed by atoms with Crippen LogP contribution < -0.4 is 5.56 Å². The minimum Gasteiger partial charge on any atom is -0.385 e. The molecule has 26 heavy (non-hydrogen) atoms. The highest BCUT2D eigenvalue weighted by Crippen LogP contribution is 2.21. The molecule has 1 aromatic carbocycles. The highest BCUT2D eigenvalue weighted by Gasteiger charge is 2.14. The molecule has 6 nitrogen and oxygen atoms in total. The van der Waals surface area contributed by atoms with Crippen molar-refractivity contribution < 1.29 is 9.53 Å². The van der Waals surface area contributed by atoms with Crippen LogP contribution >= 0.6 is 23.4 Å². The van der Waals surface area contributed by atoms with E-state index in [-0.39, 0.29) is 17.1 Å². The zero-order valence-corrected chi connectivity index (χ0v) is 15.8. The van der Waals surface area contributed by atoms with Gasteiger partial charge in [-0.25, -0.2) is 4.98 Å². The lowest BCUT2D eigenvalue weighted by Gasteiger charge is -2.13. The third-order valence-electron chi connectivity index (χ3n) is 3.84. The lowest BCUT2D eigenvalue weighted by molar-refractivity contribution is 0.101. The number of aromatic nitrogens is 3. The summed E-state index contributed by atoms with van der Waals surface area (Å²) >= 11 is 7.27. The summed E-state index contributed by atoms with van der Waals surface area (Å²) in [6.07, 6.45) is 2.38. The Morgan fingerprint density at radius 1 is 1.38 bits per heavy atom. The average Bonchev–Trinajstić information content (AvgIpc) is 3.16. The maximum Gasteiger partial charge on any atom is 0.262 e. The Morgan fingerprint density at radius 2 is 2.23 bits per heavy atom. The van der Waals surface area contributed by atoms with Crippen LogP contribution in [0.25, 0.3) is 10.9 Å². The van der Waals surface area contributed by atoms with E-state index in [9.17, 15) is 9.59 Å². The lowest BCUT2D eigenvalue weighted by atomic mass is 10.2. The van der Waals surface area contributed by atoms with Crippen LogP contribution in [0.1, 0.15) is 16.9 Å². The van der Waals surface area contributed by atoms with Crippen LogP contribution in [-0.4, -0.2) is 39.8 Å². The summed E-state index contributed by atoms with van der Waals surface area (Å²) in [7, 11) is 1.62. The van der Waals surface area contributed by atoms with Gasteiger partial charge in [0.25, 0.3) is 5.56 Å². The monoisotopic (exact) mass is 391 g/mol. The highest BCUT2D eigenvalue weighted by atomic mass is 35.5. The van der Waals surface area contributed by atoms with E-state index < -0.39 is 0 Å². The summed E-state index contributed by atoms with van der Waals surface area (Å²) in [6.45, 7) is 1.01. The summed E-state index contributed by atoms with van der Waals surface area (Å²) in [5.41, 5.74) is 0.924. The molecule has 2 aromatic heterocycles. The maximum absolute atomic E-state index is 12.9. The molecular formula is C18H18ClN3O3S.